The molecule has 1 aromatic rings. The summed E-state index contributed by atoms with van der Waals surface area (Å²) in [7, 11) is 2.94. The van der Waals surface area contributed by atoms with Gasteiger partial charge in [-0.1, -0.05) is 0 Å². The number of carboxylic acids is 1. The van der Waals surface area contributed by atoms with Crippen LogP contribution in [-0.2, 0) is 4.79 Å². The number of carbonyl (C=O) groups is 2. The molecule has 1 atom stereocenters. The first-order valence-electron chi connectivity index (χ1n) is 5.24. The summed E-state index contributed by atoms with van der Waals surface area (Å²) >= 11 is 0. The number of methoxy groups -OCH3 is 2. The Hall–Kier alpha value is -2.24. The Kier molecular flexibility index (Phi) is 4.53. The number of amides is 1. The largest absolute Gasteiger partial charge is 0.497 e. The molecule has 0 saturated heterocycles. The Bertz CT molecular complexity index is 436. The normalized spacial score (nSPS) is 11.5. The fourth-order valence-corrected chi connectivity index (χ4v) is 1.28. The third-order valence-electron chi connectivity index (χ3n) is 2.33. The van der Waals surface area contributed by atoms with E-state index in [0.29, 0.717) is 11.5 Å². The van der Waals surface area contributed by atoms with Crippen molar-refractivity contribution in [1.29, 1.82) is 0 Å². The molecule has 0 bridgehead atoms. The zero-order chi connectivity index (χ0) is 13.7. The van der Waals surface area contributed by atoms with Gasteiger partial charge in [-0.3, -0.25) is 9.59 Å². The van der Waals surface area contributed by atoms with Crippen molar-refractivity contribution in [2.45, 2.75) is 13.0 Å². The number of benzene rings is 1. The quantitative estimate of drug-likeness (QED) is 0.814. The lowest BCUT2D eigenvalue weighted by atomic mass is 10.1. The second kappa shape index (κ2) is 5.90. The summed E-state index contributed by atoms with van der Waals surface area (Å²) < 4.78 is 10.0. The highest BCUT2D eigenvalue weighted by atomic mass is 16.5. The van der Waals surface area contributed by atoms with Crippen molar-refractivity contribution < 1.29 is 24.2 Å². The van der Waals surface area contributed by atoms with Crippen molar-refractivity contribution in [3.05, 3.63) is 23.8 Å². The number of nitrogens with one attached hydrogen (secondary N) is 1. The van der Waals surface area contributed by atoms with Crippen LogP contribution in [0.2, 0.25) is 0 Å². The third-order valence-corrected chi connectivity index (χ3v) is 2.33. The minimum absolute atomic E-state index is 0.277. The smallest absolute Gasteiger partial charge is 0.325 e. The molecule has 0 aromatic heterocycles. The lowest BCUT2D eigenvalue weighted by Crippen LogP contribution is -2.38. The zero-order valence-electron chi connectivity index (χ0n) is 10.4. The Morgan fingerprint density at radius 3 is 2.06 bits per heavy atom. The summed E-state index contributed by atoms with van der Waals surface area (Å²) in [4.78, 5) is 22.5. The minimum atomic E-state index is -1.10. The first-order valence-corrected chi connectivity index (χ1v) is 5.24. The average Bonchev–Trinajstić information content (AvgIpc) is 2.37. The topological polar surface area (TPSA) is 84.9 Å². The van der Waals surface area contributed by atoms with E-state index < -0.39 is 17.9 Å². The average molecular weight is 253 g/mol. The molecule has 0 aliphatic carbocycles. The van der Waals surface area contributed by atoms with Gasteiger partial charge in [0, 0.05) is 11.6 Å². The molecule has 0 saturated carbocycles. The van der Waals surface area contributed by atoms with Gasteiger partial charge in [0.15, 0.2) is 0 Å². The molecule has 1 rings (SSSR count). The highest BCUT2D eigenvalue weighted by Crippen LogP contribution is 2.22. The van der Waals surface area contributed by atoms with E-state index >= 15 is 0 Å². The molecule has 0 fully saturated rings. The maximum atomic E-state index is 11.8. The highest BCUT2D eigenvalue weighted by Gasteiger charge is 2.16. The summed E-state index contributed by atoms with van der Waals surface area (Å²) in [5.74, 6) is -0.676. The SMILES string of the molecule is COc1cc(OC)cc(C(=O)N[C@H](C)C(=O)O)c1. The van der Waals surface area contributed by atoms with E-state index in [2.05, 4.69) is 5.32 Å². The summed E-state index contributed by atoms with van der Waals surface area (Å²) in [5, 5.41) is 11.1. The molecule has 1 aromatic carbocycles. The van der Waals surface area contributed by atoms with Gasteiger partial charge in [0.1, 0.15) is 17.5 Å². The van der Waals surface area contributed by atoms with Crippen LogP contribution in [-0.4, -0.2) is 37.2 Å². The van der Waals surface area contributed by atoms with E-state index in [9.17, 15) is 9.59 Å². The van der Waals surface area contributed by atoms with Gasteiger partial charge in [-0.15, -0.1) is 0 Å². The van der Waals surface area contributed by atoms with Gasteiger partial charge >= 0.3 is 5.97 Å². The predicted molar refractivity (Wildman–Crippen MR) is 64.1 cm³/mol. The first-order chi connectivity index (χ1) is 8.47. The van der Waals surface area contributed by atoms with E-state index in [1.165, 1.54) is 33.3 Å². The van der Waals surface area contributed by atoms with Crippen LogP contribution < -0.4 is 14.8 Å². The van der Waals surface area contributed by atoms with Crippen molar-refractivity contribution in [2.24, 2.45) is 0 Å². The lowest BCUT2D eigenvalue weighted by molar-refractivity contribution is -0.138. The molecule has 2 N–H and O–H groups in total. The Morgan fingerprint density at radius 2 is 1.67 bits per heavy atom. The second-order valence-corrected chi connectivity index (χ2v) is 3.63. The predicted octanol–water partition coefficient (Wildman–Crippen LogP) is 0.907. The Labute approximate surface area is 105 Å². The van der Waals surface area contributed by atoms with Gasteiger partial charge in [-0.2, -0.15) is 0 Å². The summed E-state index contributed by atoms with van der Waals surface area (Å²) in [6.45, 7) is 1.39. The summed E-state index contributed by atoms with van der Waals surface area (Å²) in [5.41, 5.74) is 0.277. The summed E-state index contributed by atoms with van der Waals surface area (Å²) in [6.07, 6.45) is 0. The fraction of sp³-hybridized carbons (Fsp3) is 0.333. The van der Waals surface area contributed by atoms with E-state index in [4.69, 9.17) is 14.6 Å². The van der Waals surface area contributed by atoms with Crippen LogP contribution in [0.15, 0.2) is 18.2 Å². The molecule has 0 aliphatic rings. The monoisotopic (exact) mass is 253 g/mol. The van der Waals surface area contributed by atoms with Crippen molar-refractivity contribution in [3.63, 3.8) is 0 Å². The van der Waals surface area contributed by atoms with Crippen LogP contribution in [0.1, 0.15) is 17.3 Å². The van der Waals surface area contributed by atoms with Crippen LogP contribution in [0.4, 0.5) is 0 Å². The molecule has 0 unspecified atom stereocenters. The molecule has 0 spiro atoms. The van der Waals surface area contributed by atoms with Gasteiger partial charge in [-0.25, -0.2) is 0 Å². The number of carbonyl (C=O) groups excluding carboxylic acids is 1. The number of carboxylic acid groups (broad SMARTS) is 1. The molecule has 18 heavy (non-hydrogen) atoms. The fourth-order valence-electron chi connectivity index (χ4n) is 1.28. The number of ether oxygens (including phenoxy) is 2. The third kappa shape index (κ3) is 3.38. The standard InChI is InChI=1S/C12H15NO5/c1-7(12(15)16)13-11(14)8-4-9(17-2)6-10(5-8)18-3/h4-7H,1-3H3,(H,13,14)(H,15,16)/t7-/m1/s1. The minimum Gasteiger partial charge on any atom is -0.497 e. The van der Waals surface area contributed by atoms with Gasteiger partial charge in [0.05, 0.1) is 14.2 Å². The van der Waals surface area contributed by atoms with E-state index in [1.807, 2.05) is 0 Å². The van der Waals surface area contributed by atoms with Gasteiger partial charge < -0.3 is 19.9 Å². The van der Waals surface area contributed by atoms with Gasteiger partial charge in [0.2, 0.25) is 0 Å². The van der Waals surface area contributed by atoms with Crippen LogP contribution in [0, 0.1) is 0 Å². The molecular weight excluding hydrogens is 238 g/mol. The van der Waals surface area contributed by atoms with E-state index in [1.54, 1.807) is 6.07 Å². The van der Waals surface area contributed by atoms with Crippen molar-refractivity contribution in [1.82, 2.24) is 5.32 Å². The highest BCUT2D eigenvalue weighted by molar-refractivity contribution is 5.97. The van der Waals surface area contributed by atoms with E-state index in [0.717, 1.165) is 0 Å². The van der Waals surface area contributed by atoms with Gasteiger partial charge in [-0.05, 0) is 19.1 Å². The first kappa shape index (κ1) is 13.8. The Balaban J connectivity index is 2.94. The molecule has 98 valence electrons. The number of hydrogen-bond donors (Lipinski definition) is 2. The van der Waals surface area contributed by atoms with Crippen LogP contribution >= 0.6 is 0 Å². The number of aliphatic carboxylic acids is 1. The van der Waals surface area contributed by atoms with Crippen LogP contribution in [0.3, 0.4) is 0 Å². The van der Waals surface area contributed by atoms with Crippen molar-refractivity contribution >= 4 is 11.9 Å². The molecule has 0 heterocycles. The molecule has 0 aliphatic heterocycles. The van der Waals surface area contributed by atoms with Crippen LogP contribution in [0.25, 0.3) is 0 Å². The molecule has 0 radical (unpaired) electrons. The van der Waals surface area contributed by atoms with Gasteiger partial charge in [0.25, 0.3) is 5.91 Å². The molecule has 6 nitrogen and oxygen atoms in total. The number of rotatable bonds is 5. The maximum absolute atomic E-state index is 11.8. The van der Waals surface area contributed by atoms with E-state index in [-0.39, 0.29) is 5.56 Å². The zero-order valence-corrected chi connectivity index (χ0v) is 10.4. The van der Waals surface area contributed by atoms with Crippen LogP contribution in [0.5, 0.6) is 11.5 Å². The second-order valence-electron chi connectivity index (χ2n) is 3.63. The Morgan fingerprint density at radius 1 is 1.17 bits per heavy atom. The van der Waals surface area contributed by atoms with Crippen molar-refractivity contribution in [3.8, 4) is 11.5 Å². The maximum Gasteiger partial charge on any atom is 0.325 e. The number of hydrogen-bond acceptors (Lipinski definition) is 4. The lowest BCUT2D eigenvalue weighted by Gasteiger charge is -2.11. The molecular formula is C12H15NO5. The molecule has 6 heteroatoms. The molecule has 1 amide bonds. The van der Waals surface area contributed by atoms with Crippen molar-refractivity contribution in [2.75, 3.05) is 14.2 Å². The summed E-state index contributed by atoms with van der Waals surface area (Å²) in [6, 6.07) is 3.67.